The number of benzene rings is 5. The largest absolute Gasteiger partial charge is 0.508 e. The van der Waals surface area contributed by atoms with E-state index in [9.17, 15) is 25.2 Å². The molecule has 0 saturated heterocycles. The van der Waals surface area contributed by atoms with Crippen molar-refractivity contribution < 1.29 is 39.4 Å². The van der Waals surface area contributed by atoms with Crippen molar-refractivity contribution in [1.82, 2.24) is 0 Å². The molecule has 5 aromatic carbocycles. The summed E-state index contributed by atoms with van der Waals surface area (Å²) >= 11 is 0. The number of fused-ring (bicyclic) bond motifs is 9. The smallest absolute Gasteiger partial charge is 0.161 e. The van der Waals surface area contributed by atoms with Crippen molar-refractivity contribution >= 4 is 28.3 Å². The highest BCUT2D eigenvalue weighted by atomic mass is 16.5. The van der Waals surface area contributed by atoms with E-state index in [0.29, 0.717) is 48.3 Å². The highest BCUT2D eigenvalue weighted by Crippen LogP contribution is 2.46. The van der Waals surface area contributed by atoms with Crippen LogP contribution < -0.4 is 14.8 Å². The first-order valence-corrected chi connectivity index (χ1v) is 26.3. The van der Waals surface area contributed by atoms with Gasteiger partial charge in [-0.05, 0) is 156 Å². The molecule has 0 amide bonds. The highest BCUT2D eigenvalue weighted by molar-refractivity contribution is 6.01. The lowest BCUT2D eigenvalue weighted by Crippen LogP contribution is -2.33. The maximum atomic E-state index is 14.0. The molecule has 9 nitrogen and oxygen atoms in total. The van der Waals surface area contributed by atoms with Crippen LogP contribution in [0.25, 0.3) is 16.8 Å². The van der Waals surface area contributed by atoms with Crippen molar-refractivity contribution in [3.8, 4) is 29.3 Å². The molecular weight excluding hydrogens is 899 g/mol. The van der Waals surface area contributed by atoms with E-state index in [0.717, 1.165) is 90.1 Å². The van der Waals surface area contributed by atoms with Crippen LogP contribution in [0.2, 0.25) is 0 Å². The second kappa shape index (κ2) is 24.8. The molecule has 0 fully saturated rings. The fourth-order valence-corrected chi connectivity index (χ4v) is 10.9. The molecule has 72 heavy (non-hydrogen) atoms. The predicted octanol–water partition coefficient (Wildman–Crippen LogP) is 13.1. The topological polar surface area (TPSA) is 138 Å². The number of carbonyl (C=O) groups excluding carboxylic acids is 1. The van der Waals surface area contributed by atoms with Crippen LogP contribution in [0.5, 0.6) is 17.2 Å². The van der Waals surface area contributed by atoms with Gasteiger partial charge < -0.3 is 40.0 Å². The monoisotopic (exact) mass is 972 g/mol. The molecule has 9 rings (SSSR count). The minimum Gasteiger partial charge on any atom is -0.508 e. The number of ether oxygens (including phenoxy) is 3. The molecule has 0 saturated carbocycles. The quantitative estimate of drug-likeness (QED) is 0.0429. The van der Waals surface area contributed by atoms with Gasteiger partial charge in [-0.15, -0.1) is 0 Å². The van der Waals surface area contributed by atoms with E-state index >= 15 is 0 Å². The minimum atomic E-state index is -0.553. The van der Waals surface area contributed by atoms with E-state index < -0.39 is 18.1 Å². The summed E-state index contributed by atoms with van der Waals surface area (Å²) in [4.78, 5) is 14.0. The molecule has 2 heterocycles. The van der Waals surface area contributed by atoms with E-state index in [1.165, 1.54) is 11.1 Å². The minimum absolute atomic E-state index is 0.0470. The number of aromatic hydroxyl groups is 1. The summed E-state index contributed by atoms with van der Waals surface area (Å²) in [5.41, 5.74) is 8.58. The summed E-state index contributed by atoms with van der Waals surface area (Å²) in [6.45, 7) is 6.08. The first-order chi connectivity index (χ1) is 35.0. The third kappa shape index (κ3) is 12.9. The summed E-state index contributed by atoms with van der Waals surface area (Å²) in [6.07, 6.45) is 21.6. The SMILES string of the molecule is CCCCC[C@H]1C#CO[C@@H](C[C@H]2C=C(O)C=C[C@H]2CCCCc2cccc(N[C@H](Cc3ccccc3)[C@H](C)O)c2)CC(=O)CCc2ccc(OC)c(c2)OCc2c(CO)cc3c1c(O)cc1c3c2C=C[C@@H]1C. The molecule has 5 N–H and O–H groups in total. The van der Waals surface area contributed by atoms with Gasteiger partial charge in [0.05, 0.1) is 31.8 Å². The number of rotatable bonds is 18. The van der Waals surface area contributed by atoms with Gasteiger partial charge in [-0.25, -0.2) is 0 Å². The maximum absolute atomic E-state index is 14.0. The lowest BCUT2D eigenvalue weighted by molar-refractivity contribution is -0.121. The number of phenols is 1. The normalized spacial score (nSPS) is 20.6. The van der Waals surface area contributed by atoms with Crippen molar-refractivity contribution in [2.45, 2.75) is 148 Å². The van der Waals surface area contributed by atoms with Crippen LogP contribution in [0, 0.1) is 23.9 Å². The van der Waals surface area contributed by atoms with Gasteiger partial charge in [0.2, 0.25) is 0 Å². The summed E-state index contributed by atoms with van der Waals surface area (Å²) in [5.74, 6) is 4.69. The van der Waals surface area contributed by atoms with Gasteiger partial charge in [-0.3, -0.25) is 4.79 Å². The number of ketones is 1. The summed E-state index contributed by atoms with van der Waals surface area (Å²) in [5, 5.41) is 49.9. The molecule has 0 aromatic heterocycles. The lowest BCUT2D eigenvalue weighted by atomic mass is 9.79. The van der Waals surface area contributed by atoms with Crippen LogP contribution in [0.3, 0.4) is 0 Å². The Morgan fingerprint density at radius 3 is 2.50 bits per heavy atom. The number of aryl methyl sites for hydroxylation is 2. The van der Waals surface area contributed by atoms with E-state index in [4.69, 9.17) is 14.2 Å². The van der Waals surface area contributed by atoms with E-state index in [1.54, 1.807) is 13.2 Å². The predicted molar refractivity (Wildman–Crippen MR) is 288 cm³/mol. The van der Waals surface area contributed by atoms with Crippen molar-refractivity contribution in [3.05, 3.63) is 159 Å². The van der Waals surface area contributed by atoms with E-state index in [1.807, 2.05) is 61.5 Å². The van der Waals surface area contributed by atoms with Crippen molar-refractivity contribution in [1.29, 1.82) is 0 Å². The Morgan fingerprint density at radius 2 is 1.71 bits per heavy atom. The summed E-state index contributed by atoms with van der Waals surface area (Å²) < 4.78 is 18.8. The zero-order valence-corrected chi connectivity index (χ0v) is 42.5. The maximum Gasteiger partial charge on any atom is 0.161 e. The number of allylic oxidation sites excluding steroid dienone is 4. The number of nitrogens with one attached hydrogen (secondary N) is 1. The molecule has 2 aliphatic carbocycles. The molecular formula is C63H73NO8. The Hall–Kier alpha value is -6.47. The highest BCUT2D eigenvalue weighted by Gasteiger charge is 2.29. The first kappa shape index (κ1) is 51.9. The Labute approximate surface area is 426 Å². The van der Waals surface area contributed by atoms with Crippen LogP contribution in [-0.2, 0) is 42.0 Å². The fourth-order valence-electron chi connectivity index (χ4n) is 10.9. The number of carbonyl (C=O) groups is 1. The Kier molecular flexibility index (Phi) is 17.8. The second-order valence-corrected chi connectivity index (χ2v) is 20.2. The van der Waals surface area contributed by atoms with E-state index in [2.05, 4.69) is 85.8 Å². The van der Waals surface area contributed by atoms with Gasteiger partial charge in [-0.1, -0.05) is 112 Å². The van der Waals surface area contributed by atoms with Gasteiger partial charge in [0.25, 0.3) is 0 Å². The number of anilines is 1. The number of Topliss-reactive ketones (excluding diaryl/α,β-unsaturated/α-hetero) is 1. The molecule has 0 radical (unpaired) electrons. The molecule has 0 unspecified atom stereocenters. The molecule has 4 aliphatic rings. The van der Waals surface area contributed by atoms with Gasteiger partial charge in [0.1, 0.15) is 36.1 Å². The number of methoxy groups -OCH3 is 1. The third-order valence-electron chi connectivity index (χ3n) is 15.0. The number of aliphatic hydroxyl groups is 3. The van der Waals surface area contributed by atoms with Crippen LogP contribution in [-0.4, -0.2) is 51.6 Å². The lowest BCUT2D eigenvalue weighted by Gasteiger charge is -2.28. The Morgan fingerprint density at radius 1 is 0.889 bits per heavy atom. The Bertz CT molecular complexity index is 2820. The average Bonchev–Trinajstić information content (AvgIpc) is 3.37. The van der Waals surface area contributed by atoms with Gasteiger partial charge >= 0.3 is 0 Å². The molecule has 378 valence electrons. The number of unbranched alkanes of at least 4 members (excludes halogenated alkanes) is 3. The zero-order chi connectivity index (χ0) is 50.6. The molecule has 0 spiro atoms. The molecule has 6 bridgehead atoms. The number of hydrogen-bond donors (Lipinski definition) is 5. The first-order valence-electron chi connectivity index (χ1n) is 26.3. The van der Waals surface area contributed by atoms with Crippen LogP contribution in [0.1, 0.15) is 141 Å². The third-order valence-corrected chi connectivity index (χ3v) is 15.0. The number of hydrogen-bond acceptors (Lipinski definition) is 9. The Balaban J connectivity index is 1.05. The van der Waals surface area contributed by atoms with Gasteiger partial charge in [0.15, 0.2) is 11.5 Å². The standard InChI is InChI=1S/C63H73NO8/c1-5-6-8-19-47-29-30-71-53(35-48-34-51(67)26-24-46(48)18-12-11-16-43-17-13-20-50(31-43)64-58(42(3)66)32-44-14-9-7-10-15-44)37-52(68)25-22-45-23-28-60(70-4)61(33-45)72-40-57-49(39-65)36-56-62(47)59(69)38-55-41(2)21-27-54(57)63(55)56/h7,9-10,13-15,17,20-21,23-24,26-28,31,33-34,36,38,41-42,46-48,53,58,64-67,69H,5-6,8,11-12,16,18-19,22,25,32,35,37,39-40H2,1-4H3/t41-,42-,46+,47-,48+,53-,58+/m0/s1. The average molecular weight is 972 g/mol. The second-order valence-electron chi connectivity index (χ2n) is 20.2. The summed E-state index contributed by atoms with van der Waals surface area (Å²) in [6, 6.07) is 28.2. The van der Waals surface area contributed by atoms with Gasteiger partial charge in [-0.2, -0.15) is 0 Å². The van der Waals surface area contributed by atoms with Crippen molar-refractivity contribution in [2.24, 2.45) is 11.8 Å². The van der Waals surface area contributed by atoms with Gasteiger partial charge in [0, 0.05) is 35.6 Å². The molecule has 7 atom stereocenters. The van der Waals surface area contributed by atoms with Crippen LogP contribution in [0.4, 0.5) is 5.69 Å². The molecule has 9 heteroatoms. The molecule has 5 aromatic rings. The summed E-state index contributed by atoms with van der Waals surface area (Å²) in [7, 11) is 1.61. The molecule has 2 aliphatic heterocycles. The van der Waals surface area contributed by atoms with E-state index in [-0.39, 0.29) is 60.7 Å². The number of phenolic OH excluding ortho intramolecular Hbond substituents is 1. The van der Waals surface area contributed by atoms with Crippen molar-refractivity contribution in [3.63, 3.8) is 0 Å². The van der Waals surface area contributed by atoms with Crippen LogP contribution >= 0.6 is 0 Å². The number of aliphatic hydroxyl groups excluding tert-OH is 3. The zero-order valence-electron chi connectivity index (χ0n) is 42.5. The van der Waals surface area contributed by atoms with Crippen LogP contribution in [0.15, 0.2) is 115 Å². The van der Waals surface area contributed by atoms with Crippen molar-refractivity contribution in [2.75, 3.05) is 12.4 Å². The fraction of sp³-hybridized carbons (Fsp3) is 0.413.